The number of hydrogen-bond donors (Lipinski definition) is 2. The lowest BCUT2D eigenvalue weighted by molar-refractivity contribution is -0.142. The Morgan fingerprint density at radius 2 is 1.62 bits per heavy atom. The predicted molar refractivity (Wildman–Crippen MR) is 113 cm³/mol. The van der Waals surface area contributed by atoms with E-state index in [0.717, 1.165) is 25.2 Å². The summed E-state index contributed by atoms with van der Waals surface area (Å²) >= 11 is 0. The number of nitrogens with one attached hydrogen (secondary N) is 1. The van der Waals surface area contributed by atoms with Crippen LogP contribution in [-0.2, 0) is 4.79 Å². The van der Waals surface area contributed by atoms with E-state index >= 15 is 0 Å². The van der Waals surface area contributed by atoms with Crippen molar-refractivity contribution in [3.63, 3.8) is 0 Å². The highest BCUT2D eigenvalue weighted by molar-refractivity contribution is 5.94. The molecule has 6 nitrogen and oxygen atoms in total. The monoisotopic (exact) mass is 422 g/mol. The molecular weight excluding hydrogens is 392 g/mol. The minimum absolute atomic E-state index is 0. The number of amides is 1. The molecular formula is C22H31ClN2O4. The standard InChI is InChI=1S/C22H30N2O4.ClH/c25-20(23-18-5-1-17(2-6-18)21(26)27)16-3-7-19(8-4-16)28-15-22-9-12-24(13-10-22)14-11-22;/h3-4,7-8,17-18H,1-2,5-6,9-15H2,(H,23,25)(H,26,27);1H. The summed E-state index contributed by atoms with van der Waals surface area (Å²) in [7, 11) is 0. The molecule has 29 heavy (non-hydrogen) atoms. The number of carboxylic acids is 1. The highest BCUT2D eigenvalue weighted by Gasteiger charge is 2.39. The van der Waals surface area contributed by atoms with Gasteiger partial charge in [-0.15, -0.1) is 12.4 Å². The minimum Gasteiger partial charge on any atom is -0.493 e. The third kappa shape index (κ3) is 5.23. The highest BCUT2D eigenvalue weighted by Crippen LogP contribution is 2.40. The van der Waals surface area contributed by atoms with Gasteiger partial charge in [0.2, 0.25) is 0 Å². The number of ether oxygens (including phenoxy) is 1. The fourth-order valence-electron chi connectivity index (χ4n) is 4.81. The Hall–Kier alpha value is -1.79. The summed E-state index contributed by atoms with van der Waals surface area (Å²) in [5.74, 6) is -0.261. The van der Waals surface area contributed by atoms with Crippen molar-refractivity contribution in [3.8, 4) is 5.75 Å². The summed E-state index contributed by atoms with van der Waals surface area (Å²) in [5.41, 5.74) is 0.955. The first-order valence-electron chi connectivity index (χ1n) is 10.5. The van der Waals surface area contributed by atoms with Crippen molar-refractivity contribution < 1.29 is 19.4 Å². The van der Waals surface area contributed by atoms with Crippen LogP contribution in [0.4, 0.5) is 0 Å². The summed E-state index contributed by atoms with van der Waals surface area (Å²) in [5, 5.41) is 12.1. The van der Waals surface area contributed by atoms with Crippen molar-refractivity contribution >= 4 is 24.3 Å². The molecule has 1 saturated carbocycles. The van der Waals surface area contributed by atoms with Gasteiger partial charge in [-0.2, -0.15) is 0 Å². The van der Waals surface area contributed by atoms with Gasteiger partial charge in [-0.1, -0.05) is 0 Å². The largest absolute Gasteiger partial charge is 0.493 e. The number of hydrogen-bond acceptors (Lipinski definition) is 4. The number of rotatable bonds is 6. The number of benzene rings is 1. The molecule has 0 spiro atoms. The summed E-state index contributed by atoms with van der Waals surface area (Å²) in [6.45, 7) is 4.34. The summed E-state index contributed by atoms with van der Waals surface area (Å²) in [6, 6.07) is 7.45. The van der Waals surface area contributed by atoms with Crippen LogP contribution < -0.4 is 10.1 Å². The maximum absolute atomic E-state index is 12.5. The van der Waals surface area contributed by atoms with Gasteiger partial charge in [0.25, 0.3) is 5.91 Å². The topological polar surface area (TPSA) is 78.9 Å². The smallest absolute Gasteiger partial charge is 0.306 e. The van der Waals surface area contributed by atoms with Gasteiger partial charge in [-0.05, 0) is 88.8 Å². The van der Waals surface area contributed by atoms with Crippen LogP contribution in [0.5, 0.6) is 5.75 Å². The lowest BCUT2D eigenvalue weighted by atomic mass is 9.73. The maximum atomic E-state index is 12.5. The van der Waals surface area contributed by atoms with Gasteiger partial charge >= 0.3 is 5.97 Å². The Morgan fingerprint density at radius 1 is 1.03 bits per heavy atom. The van der Waals surface area contributed by atoms with Gasteiger partial charge in [-0.3, -0.25) is 9.59 Å². The zero-order valence-electron chi connectivity index (χ0n) is 16.8. The Bertz CT molecular complexity index is 694. The van der Waals surface area contributed by atoms with E-state index in [0.29, 0.717) is 23.8 Å². The zero-order valence-corrected chi connectivity index (χ0v) is 17.6. The quantitative estimate of drug-likeness (QED) is 0.735. The van der Waals surface area contributed by atoms with Crippen LogP contribution in [0.3, 0.4) is 0 Å². The van der Waals surface area contributed by atoms with Gasteiger partial charge in [-0.25, -0.2) is 0 Å². The molecule has 7 heteroatoms. The molecule has 3 saturated heterocycles. The van der Waals surface area contributed by atoms with Crippen LogP contribution in [0.25, 0.3) is 0 Å². The highest BCUT2D eigenvalue weighted by atomic mass is 35.5. The second kappa shape index (κ2) is 9.35. The van der Waals surface area contributed by atoms with Crippen LogP contribution >= 0.6 is 12.4 Å². The Balaban J connectivity index is 0.00000240. The second-order valence-corrected chi connectivity index (χ2v) is 8.76. The number of carboxylic acid groups (broad SMARTS) is 1. The predicted octanol–water partition coefficient (Wildman–Crippen LogP) is 3.35. The molecule has 2 N–H and O–H groups in total. The number of nitrogens with zero attached hydrogens (tertiary/aromatic N) is 1. The van der Waals surface area contributed by atoms with E-state index in [1.54, 1.807) is 0 Å². The van der Waals surface area contributed by atoms with Crippen LogP contribution in [0.1, 0.15) is 55.3 Å². The lowest BCUT2D eigenvalue weighted by Gasteiger charge is -2.48. The molecule has 1 aromatic carbocycles. The number of carbonyl (C=O) groups is 2. The Labute approximate surface area is 178 Å². The average Bonchev–Trinajstić information content (AvgIpc) is 2.74. The van der Waals surface area contributed by atoms with Crippen LogP contribution in [-0.4, -0.2) is 54.2 Å². The van der Waals surface area contributed by atoms with Gasteiger partial charge < -0.3 is 20.1 Å². The maximum Gasteiger partial charge on any atom is 0.306 e. The first kappa shape index (κ1) is 21.9. The summed E-state index contributed by atoms with van der Waals surface area (Å²) in [4.78, 5) is 26.0. The number of fused-ring (bicyclic) bond motifs is 3. The van der Waals surface area contributed by atoms with Crippen molar-refractivity contribution in [2.24, 2.45) is 11.3 Å². The van der Waals surface area contributed by atoms with Crippen molar-refractivity contribution in [1.82, 2.24) is 10.2 Å². The molecule has 1 aliphatic carbocycles. The van der Waals surface area contributed by atoms with Gasteiger partial charge in [0, 0.05) is 17.0 Å². The SMILES string of the molecule is Cl.O=C(NC1CCC(C(=O)O)CC1)c1ccc(OCC23CCN(CC2)CC3)cc1. The fourth-order valence-corrected chi connectivity index (χ4v) is 4.81. The Morgan fingerprint density at radius 3 is 2.17 bits per heavy atom. The van der Waals surface area contributed by atoms with E-state index in [2.05, 4.69) is 10.2 Å². The number of aliphatic carboxylic acids is 1. The lowest BCUT2D eigenvalue weighted by Crippen LogP contribution is -2.50. The number of carbonyl (C=O) groups excluding carboxylic acids is 1. The van der Waals surface area contributed by atoms with Crippen LogP contribution in [0.15, 0.2) is 24.3 Å². The minimum atomic E-state index is -0.723. The zero-order chi connectivity index (χ0) is 19.6. The van der Waals surface area contributed by atoms with Gasteiger partial charge in [0.05, 0.1) is 12.5 Å². The first-order chi connectivity index (χ1) is 13.5. The first-order valence-corrected chi connectivity index (χ1v) is 10.5. The molecule has 3 aliphatic heterocycles. The third-order valence-corrected chi connectivity index (χ3v) is 6.95. The van der Waals surface area contributed by atoms with Crippen molar-refractivity contribution in [3.05, 3.63) is 29.8 Å². The van der Waals surface area contributed by atoms with E-state index in [4.69, 9.17) is 9.84 Å². The van der Waals surface area contributed by atoms with Gasteiger partial charge in [0.15, 0.2) is 0 Å². The summed E-state index contributed by atoms with van der Waals surface area (Å²) < 4.78 is 6.08. The fraction of sp³-hybridized carbons (Fsp3) is 0.636. The van der Waals surface area contributed by atoms with Crippen molar-refractivity contribution in [2.75, 3.05) is 26.2 Å². The molecule has 5 rings (SSSR count). The van der Waals surface area contributed by atoms with Crippen molar-refractivity contribution in [1.29, 1.82) is 0 Å². The molecule has 2 bridgehead atoms. The van der Waals surface area contributed by atoms with E-state index < -0.39 is 5.97 Å². The average molecular weight is 423 g/mol. The molecule has 0 atom stereocenters. The van der Waals surface area contributed by atoms with E-state index in [9.17, 15) is 9.59 Å². The molecule has 4 aliphatic rings. The van der Waals surface area contributed by atoms with Crippen molar-refractivity contribution in [2.45, 2.75) is 51.0 Å². The normalized spacial score (nSPS) is 30.8. The van der Waals surface area contributed by atoms with Crippen LogP contribution in [0.2, 0.25) is 0 Å². The van der Waals surface area contributed by atoms with Crippen LogP contribution in [0, 0.1) is 11.3 Å². The third-order valence-electron chi connectivity index (χ3n) is 6.95. The molecule has 1 aromatic rings. The molecule has 3 heterocycles. The van der Waals surface area contributed by atoms with Gasteiger partial charge in [0.1, 0.15) is 5.75 Å². The van der Waals surface area contributed by atoms with E-state index in [-0.39, 0.29) is 30.3 Å². The molecule has 4 fully saturated rings. The van der Waals surface area contributed by atoms with E-state index in [1.165, 1.54) is 38.9 Å². The van der Waals surface area contributed by atoms with E-state index in [1.807, 2.05) is 24.3 Å². The number of halogens is 1. The molecule has 0 unspecified atom stereocenters. The molecule has 160 valence electrons. The number of piperidine rings is 3. The Kier molecular flexibility index (Phi) is 7.06. The second-order valence-electron chi connectivity index (χ2n) is 8.76. The molecule has 0 aromatic heterocycles. The summed E-state index contributed by atoms with van der Waals surface area (Å²) in [6.07, 6.45) is 6.37. The molecule has 1 amide bonds. The molecule has 0 radical (unpaired) electrons.